The molecule has 0 radical (unpaired) electrons. The van der Waals surface area contributed by atoms with Crippen molar-refractivity contribution in [3.05, 3.63) is 148 Å². The Morgan fingerprint density at radius 2 is 1.80 bits per heavy atom. The Morgan fingerprint density at radius 1 is 1.02 bits per heavy atom. The monoisotopic (exact) mass is 559 g/mol. The van der Waals surface area contributed by atoms with E-state index in [0.29, 0.717) is 32.0 Å². The third-order valence-corrected chi connectivity index (χ3v) is 8.99. The maximum Gasteiger partial charge on any atom is 0.273 e. The molecule has 41 heavy (non-hydrogen) atoms. The van der Waals surface area contributed by atoms with Crippen LogP contribution in [0.3, 0.4) is 0 Å². The number of nitro groups is 1. The minimum atomic E-state index is -0.377. The Balaban J connectivity index is 1.37. The van der Waals surface area contributed by atoms with Gasteiger partial charge in [-0.05, 0) is 67.2 Å². The van der Waals surface area contributed by atoms with E-state index >= 15 is 0 Å². The predicted octanol–water partition coefficient (Wildman–Crippen LogP) is 6.10. The molecule has 202 valence electrons. The average Bonchev–Trinajstić information content (AvgIpc) is 3.57. The van der Waals surface area contributed by atoms with E-state index in [2.05, 4.69) is 30.3 Å². The van der Waals surface area contributed by atoms with Crippen molar-refractivity contribution in [3.63, 3.8) is 0 Å². The van der Waals surface area contributed by atoms with Gasteiger partial charge in [-0.2, -0.15) is 0 Å². The number of nitrogens with zero attached hydrogens (tertiary/aromatic N) is 3. The van der Waals surface area contributed by atoms with E-state index < -0.39 is 0 Å². The van der Waals surface area contributed by atoms with Crippen LogP contribution < -0.4 is 14.9 Å². The van der Waals surface area contributed by atoms with Crippen molar-refractivity contribution in [1.82, 2.24) is 4.57 Å². The number of hydrogen-bond donors (Lipinski definition) is 0. The third-order valence-electron chi connectivity index (χ3n) is 8.01. The third kappa shape index (κ3) is 4.19. The highest BCUT2D eigenvalue weighted by Gasteiger charge is 2.32. The summed E-state index contributed by atoms with van der Waals surface area (Å²) in [6.07, 6.45) is 3.48. The fraction of sp³-hybridized carbons (Fsp3) is 0.152. The molecule has 7 nitrogen and oxygen atoms in total. The number of furan rings is 1. The van der Waals surface area contributed by atoms with Gasteiger partial charge < -0.3 is 4.42 Å². The van der Waals surface area contributed by atoms with Crippen LogP contribution in [0.25, 0.3) is 23.1 Å². The summed E-state index contributed by atoms with van der Waals surface area (Å²) in [7, 11) is 0. The van der Waals surface area contributed by atoms with Crippen LogP contribution in [0.15, 0.2) is 98.6 Å². The second kappa shape index (κ2) is 9.67. The molecule has 0 unspecified atom stereocenters. The van der Waals surface area contributed by atoms with Crippen LogP contribution in [0.4, 0.5) is 5.69 Å². The molecule has 8 heteroatoms. The molecule has 1 aliphatic heterocycles. The highest BCUT2D eigenvalue weighted by molar-refractivity contribution is 7.07. The van der Waals surface area contributed by atoms with Crippen LogP contribution in [-0.4, -0.2) is 9.49 Å². The van der Waals surface area contributed by atoms with E-state index in [1.165, 1.54) is 23.0 Å². The summed E-state index contributed by atoms with van der Waals surface area (Å²) >= 11 is 1.35. The standard InChI is InChI=1S/C33H25N3O4S/c1-19-16-23(17-27(20(19)2)36(38)39)28-15-13-24(40-28)18-29-32(37)35-31(22-9-4-3-5-10-22)26-14-12-21-8-6-7-11-25(21)30(26)34-33(35)41-29/h3-11,13,15-18,31H,12,14H2,1-2H3/b29-18-/t31-/m0/s1. The fourth-order valence-electron chi connectivity index (χ4n) is 5.85. The number of thiazole rings is 1. The van der Waals surface area contributed by atoms with Crippen molar-refractivity contribution in [2.24, 2.45) is 4.99 Å². The van der Waals surface area contributed by atoms with Crippen molar-refractivity contribution in [3.8, 4) is 11.3 Å². The lowest BCUT2D eigenvalue weighted by Crippen LogP contribution is -2.38. The summed E-state index contributed by atoms with van der Waals surface area (Å²) in [5.41, 5.74) is 7.58. The molecule has 5 aromatic rings. The average molecular weight is 560 g/mol. The lowest BCUT2D eigenvalue weighted by molar-refractivity contribution is -0.385. The first-order chi connectivity index (χ1) is 19.9. The van der Waals surface area contributed by atoms with Crippen LogP contribution in [-0.2, 0) is 6.42 Å². The van der Waals surface area contributed by atoms with Gasteiger partial charge in [0.05, 0.1) is 21.2 Å². The molecular weight excluding hydrogens is 534 g/mol. The first-order valence-corrected chi connectivity index (χ1v) is 14.2. The number of fused-ring (bicyclic) bond motifs is 3. The molecule has 0 fully saturated rings. The Labute approximate surface area is 239 Å². The van der Waals surface area contributed by atoms with Gasteiger partial charge in [0.1, 0.15) is 11.5 Å². The first kappa shape index (κ1) is 25.2. The van der Waals surface area contributed by atoms with Crippen LogP contribution in [0, 0.1) is 24.0 Å². The largest absolute Gasteiger partial charge is 0.457 e. The molecule has 2 aromatic heterocycles. The SMILES string of the molecule is Cc1cc(-c2ccc(/C=c3\sc4n(c3=O)[C@@H](c3ccccc3)C3=C(N=4)c4ccccc4CC3)o2)cc([N+](=O)[O-])c1C. The maximum atomic E-state index is 13.9. The van der Waals surface area contributed by atoms with E-state index in [0.717, 1.165) is 40.8 Å². The van der Waals surface area contributed by atoms with Gasteiger partial charge in [0.15, 0.2) is 4.80 Å². The van der Waals surface area contributed by atoms with Gasteiger partial charge in [-0.3, -0.25) is 19.5 Å². The second-order valence-corrected chi connectivity index (χ2v) is 11.4. The van der Waals surface area contributed by atoms with Crippen LogP contribution in [0.1, 0.15) is 46.0 Å². The lowest BCUT2D eigenvalue weighted by Gasteiger charge is -2.30. The highest BCUT2D eigenvalue weighted by Crippen LogP contribution is 2.41. The van der Waals surface area contributed by atoms with Crippen molar-refractivity contribution < 1.29 is 9.34 Å². The Bertz CT molecular complexity index is 2080. The normalized spacial score (nSPS) is 16.1. The Hall–Kier alpha value is -4.82. The number of aromatic nitrogens is 1. The molecule has 0 N–H and O–H groups in total. The van der Waals surface area contributed by atoms with Gasteiger partial charge in [0, 0.05) is 28.8 Å². The van der Waals surface area contributed by atoms with Crippen molar-refractivity contribution >= 4 is 28.8 Å². The van der Waals surface area contributed by atoms with Crippen LogP contribution in [0.2, 0.25) is 0 Å². The number of hydrogen-bond acceptors (Lipinski definition) is 6. The summed E-state index contributed by atoms with van der Waals surface area (Å²) < 4.78 is 8.42. The second-order valence-electron chi connectivity index (χ2n) is 10.4. The van der Waals surface area contributed by atoms with Gasteiger partial charge in [-0.25, -0.2) is 4.99 Å². The van der Waals surface area contributed by atoms with Gasteiger partial charge in [-0.15, -0.1) is 0 Å². The van der Waals surface area contributed by atoms with Crippen LogP contribution in [0.5, 0.6) is 0 Å². The minimum absolute atomic E-state index is 0.0534. The zero-order valence-corrected chi connectivity index (χ0v) is 23.3. The minimum Gasteiger partial charge on any atom is -0.457 e. The fourth-order valence-corrected chi connectivity index (χ4v) is 6.83. The molecule has 0 spiro atoms. The maximum absolute atomic E-state index is 13.9. The first-order valence-electron chi connectivity index (χ1n) is 13.4. The topological polar surface area (TPSA) is 90.6 Å². The smallest absolute Gasteiger partial charge is 0.273 e. The van der Waals surface area contributed by atoms with Crippen molar-refractivity contribution in [2.75, 3.05) is 0 Å². The lowest BCUT2D eigenvalue weighted by atomic mass is 9.83. The summed E-state index contributed by atoms with van der Waals surface area (Å²) in [4.78, 5) is 30.8. The number of rotatable bonds is 4. The van der Waals surface area contributed by atoms with Gasteiger partial charge in [0.25, 0.3) is 11.2 Å². The Morgan fingerprint density at radius 3 is 2.61 bits per heavy atom. The molecule has 0 saturated carbocycles. The van der Waals surface area contributed by atoms with Crippen molar-refractivity contribution in [2.45, 2.75) is 32.7 Å². The summed E-state index contributed by atoms with van der Waals surface area (Å²) in [5, 5.41) is 11.5. The molecule has 7 rings (SSSR count). The van der Waals surface area contributed by atoms with E-state index in [9.17, 15) is 14.9 Å². The summed E-state index contributed by atoms with van der Waals surface area (Å²) in [6, 6.07) is 25.2. The van der Waals surface area contributed by atoms with Gasteiger partial charge >= 0.3 is 0 Å². The van der Waals surface area contributed by atoms with Gasteiger partial charge in [0.2, 0.25) is 0 Å². The van der Waals surface area contributed by atoms with E-state index in [4.69, 9.17) is 9.41 Å². The molecule has 0 saturated heterocycles. The zero-order valence-electron chi connectivity index (χ0n) is 22.5. The van der Waals surface area contributed by atoms with E-state index in [1.54, 1.807) is 25.1 Å². The predicted molar refractivity (Wildman–Crippen MR) is 159 cm³/mol. The summed E-state index contributed by atoms with van der Waals surface area (Å²) in [6.45, 7) is 3.58. The quantitative estimate of drug-likeness (QED) is 0.196. The van der Waals surface area contributed by atoms with Gasteiger partial charge in [-0.1, -0.05) is 65.9 Å². The number of allylic oxidation sites excluding steroid dienone is 1. The summed E-state index contributed by atoms with van der Waals surface area (Å²) in [5.74, 6) is 1.00. The van der Waals surface area contributed by atoms with E-state index in [-0.39, 0.29) is 22.2 Å². The molecule has 3 aromatic carbocycles. The number of nitro benzene ring substituents is 1. The molecule has 1 atom stereocenters. The van der Waals surface area contributed by atoms with Crippen LogP contribution >= 0.6 is 11.3 Å². The molecule has 0 bridgehead atoms. The number of aryl methyl sites for hydroxylation is 2. The molecule has 3 heterocycles. The van der Waals surface area contributed by atoms with Crippen molar-refractivity contribution in [1.29, 1.82) is 0 Å². The zero-order chi connectivity index (χ0) is 28.2. The molecule has 1 aliphatic carbocycles. The highest BCUT2D eigenvalue weighted by atomic mass is 32.1. The molecular formula is C33H25N3O4S. The molecule has 0 amide bonds. The Kier molecular flexibility index (Phi) is 5.94. The number of benzene rings is 3. The molecule has 2 aliphatic rings. The van der Waals surface area contributed by atoms with E-state index in [1.807, 2.05) is 41.8 Å².